The van der Waals surface area contributed by atoms with Gasteiger partial charge in [0.2, 0.25) is 0 Å². The second-order valence-corrected chi connectivity index (χ2v) is 12.7. The Morgan fingerprint density at radius 1 is 0.489 bits per heavy atom. The Bertz CT molecular complexity index is 1200. The van der Waals surface area contributed by atoms with Crippen LogP contribution in [-0.4, -0.2) is 11.4 Å². The molecular weight excluding hydrogens is 663 g/mol. The van der Waals surface area contributed by atoms with Crippen LogP contribution in [0.5, 0.6) is 0 Å². The smallest absolute Gasteiger partial charge is 0.0848 e. The minimum absolute atomic E-state index is 0. The van der Waals surface area contributed by atoms with Crippen LogP contribution in [0.25, 0.3) is 0 Å². The number of nitrogens with zero attached hydrogens (tertiary/aromatic N) is 2. The number of hydrogen-bond acceptors (Lipinski definition) is 2. The first-order chi connectivity index (χ1) is 22.7. The van der Waals surface area contributed by atoms with Crippen molar-refractivity contribution in [2.75, 3.05) is 0 Å². The van der Waals surface area contributed by atoms with E-state index in [1.54, 1.807) is 0 Å². The fraction of sp³-hybridized carbons (Fsp3) is 0.545. The summed E-state index contributed by atoms with van der Waals surface area (Å²) in [6.45, 7) is 9.07. The van der Waals surface area contributed by atoms with E-state index in [1.165, 1.54) is 81.8 Å². The molecule has 0 aliphatic rings. The topological polar surface area (TPSA) is 24.7 Å². The predicted octanol–water partition coefficient (Wildman–Crippen LogP) is 14.4. The molecule has 0 unspecified atom stereocenters. The molecule has 0 amide bonds. The van der Waals surface area contributed by atoms with Crippen molar-refractivity contribution in [3.63, 3.8) is 0 Å². The Morgan fingerprint density at radius 2 is 0.936 bits per heavy atom. The fourth-order valence-corrected chi connectivity index (χ4v) is 5.56. The van der Waals surface area contributed by atoms with Crippen LogP contribution in [-0.2, 0) is 33.3 Å². The van der Waals surface area contributed by atoms with Gasteiger partial charge < -0.3 is 0 Å². The van der Waals surface area contributed by atoms with Gasteiger partial charge in [0.1, 0.15) is 0 Å². The summed E-state index contributed by atoms with van der Waals surface area (Å²) in [7, 11) is 0. The van der Waals surface area contributed by atoms with Gasteiger partial charge in [-0.3, -0.25) is 4.99 Å². The molecule has 0 saturated carbocycles. The van der Waals surface area contributed by atoms with Crippen molar-refractivity contribution in [3.8, 4) is 0 Å². The van der Waals surface area contributed by atoms with Crippen LogP contribution in [0.4, 0.5) is 11.4 Å². The molecule has 2 rings (SSSR count). The summed E-state index contributed by atoms with van der Waals surface area (Å²) in [4.78, 5) is 10.8. The molecule has 0 radical (unpaired) electrons. The zero-order chi connectivity index (χ0) is 32.9. The van der Waals surface area contributed by atoms with E-state index < -0.39 is 0 Å². The van der Waals surface area contributed by atoms with Crippen LogP contribution in [0.3, 0.4) is 0 Å². The Hall–Kier alpha value is -2.34. The molecule has 3 heteroatoms. The third-order valence-corrected chi connectivity index (χ3v) is 8.46. The number of allylic oxidation sites excluding steroid dienone is 6. The largest absolute Gasteiger partial charge is 0.251 e. The molecular formula is C44H66N2Pd. The van der Waals surface area contributed by atoms with Crippen molar-refractivity contribution >= 4 is 22.8 Å². The van der Waals surface area contributed by atoms with Crippen LogP contribution >= 0.6 is 0 Å². The van der Waals surface area contributed by atoms with E-state index in [0.717, 1.165) is 80.6 Å². The van der Waals surface area contributed by atoms with E-state index in [9.17, 15) is 0 Å². The SMILES string of the molecule is CCCC/C=C/CCCc1ccccc1N=C(/C=C/CCCCC)C(CCCCC)=Nc1ccccc1CCC/C=C/CCCC.[Pd]. The van der Waals surface area contributed by atoms with E-state index >= 15 is 0 Å². The maximum Gasteiger partial charge on any atom is 0.0848 e. The van der Waals surface area contributed by atoms with Crippen molar-refractivity contribution in [2.45, 2.75) is 156 Å². The number of rotatable bonds is 26. The number of aryl methyl sites for hydroxylation is 2. The van der Waals surface area contributed by atoms with Crippen molar-refractivity contribution in [1.29, 1.82) is 0 Å². The number of benzene rings is 2. The predicted molar refractivity (Wildman–Crippen MR) is 208 cm³/mol. The molecule has 0 heterocycles. The van der Waals surface area contributed by atoms with Gasteiger partial charge in [0.15, 0.2) is 0 Å². The third-order valence-electron chi connectivity index (χ3n) is 8.46. The summed E-state index contributed by atoms with van der Waals surface area (Å²) >= 11 is 0. The van der Waals surface area contributed by atoms with Gasteiger partial charge in [-0.1, -0.05) is 146 Å². The van der Waals surface area contributed by atoms with E-state index in [0.29, 0.717) is 0 Å². The molecule has 0 bridgehead atoms. The van der Waals surface area contributed by atoms with Crippen molar-refractivity contribution in [1.82, 2.24) is 0 Å². The Labute approximate surface area is 304 Å². The average molecular weight is 729 g/mol. The summed E-state index contributed by atoms with van der Waals surface area (Å²) in [6.07, 6.45) is 37.5. The maximum absolute atomic E-state index is 5.43. The molecule has 0 aliphatic carbocycles. The molecule has 0 aliphatic heterocycles. The van der Waals surface area contributed by atoms with E-state index in [4.69, 9.17) is 9.98 Å². The van der Waals surface area contributed by atoms with Crippen LogP contribution in [0.15, 0.2) is 95.0 Å². The number of aliphatic imine (C=N–C) groups is 2. The quantitative estimate of drug-likeness (QED) is 0.0399. The third kappa shape index (κ3) is 19.9. The summed E-state index contributed by atoms with van der Waals surface area (Å²) in [6, 6.07) is 17.5. The van der Waals surface area contributed by atoms with Gasteiger partial charge in [-0.05, 0) is 106 Å². The van der Waals surface area contributed by atoms with Crippen molar-refractivity contribution in [3.05, 3.63) is 96.1 Å². The van der Waals surface area contributed by atoms with Gasteiger partial charge in [-0.25, -0.2) is 4.99 Å². The number of para-hydroxylation sites is 2. The Morgan fingerprint density at radius 3 is 1.47 bits per heavy atom. The van der Waals surface area contributed by atoms with Gasteiger partial charge in [-0.15, -0.1) is 0 Å². The molecule has 262 valence electrons. The van der Waals surface area contributed by atoms with E-state index in [-0.39, 0.29) is 20.4 Å². The van der Waals surface area contributed by atoms with Crippen LogP contribution in [0.2, 0.25) is 0 Å². The molecule has 2 nitrogen and oxygen atoms in total. The molecule has 2 aromatic carbocycles. The van der Waals surface area contributed by atoms with Crippen molar-refractivity contribution in [2.24, 2.45) is 9.98 Å². The van der Waals surface area contributed by atoms with E-state index in [2.05, 4.69) is 113 Å². The normalized spacial score (nSPS) is 12.5. The monoisotopic (exact) mass is 728 g/mol. The number of hydrogen-bond donors (Lipinski definition) is 0. The molecule has 0 N–H and O–H groups in total. The minimum Gasteiger partial charge on any atom is -0.251 e. The molecule has 0 spiro atoms. The first-order valence-corrected chi connectivity index (χ1v) is 19.0. The average Bonchev–Trinajstić information content (AvgIpc) is 3.07. The Balaban J connectivity index is 0.0000110. The summed E-state index contributed by atoms with van der Waals surface area (Å²) in [5.41, 5.74) is 7.04. The summed E-state index contributed by atoms with van der Waals surface area (Å²) in [5, 5.41) is 0. The van der Waals surface area contributed by atoms with Crippen molar-refractivity contribution < 1.29 is 20.4 Å². The van der Waals surface area contributed by atoms with Gasteiger partial charge in [0.25, 0.3) is 0 Å². The zero-order valence-electron chi connectivity index (χ0n) is 30.4. The molecule has 0 aromatic heterocycles. The first-order valence-electron chi connectivity index (χ1n) is 19.0. The summed E-state index contributed by atoms with van der Waals surface area (Å²) in [5.74, 6) is 0. The van der Waals surface area contributed by atoms with E-state index in [1.807, 2.05) is 0 Å². The molecule has 0 fully saturated rings. The second-order valence-electron chi connectivity index (χ2n) is 12.7. The van der Waals surface area contributed by atoms with Crippen LogP contribution in [0.1, 0.15) is 154 Å². The fourth-order valence-electron chi connectivity index (χ4n) is 5.56. The minimum atomic E-state index is 0. The van der Waals surface area contributed by atoms with Gasteiger partial charge in [0.05, 0.1) is 22.8 Å². The van der Waals surface area contributed by atoms with Crippen LogP contribution < -0.4 is 0 Å². The first kappa shape index (κ1) is 42.7. The second kappa shape index (κ2) is 29.8. The standard InChI is InChI=1S/C44H66N2.Pd/c1-5-9-13-16-18-21-24-31-39-33-27-29-35-41(39)45-43(37-23-12-8-4)44(38-26-20-15-11-7-3)46-42-36-30-28-34-40(42)32-25-22-19-17-14-10-6-2;/h16-19,26-30,33-36,38H,5-15,20-25,31-32,37H2,1-4H3;/b18-16+,19-17+,38-26+,45-43?,46-44?;. The summed E-state index contributed by atoms with van der Waals surface area (Å²) < 4.78 is 0. The van der Waals surface area contributed by atoms with Crippen LogP contribution in [0, 0.1) is 0 Å². The zero-order valence-corrected chi connectivity index (χ0v) is 32.0. The number of unbranched alkanes of at least 4 members (excludes halogenated alkanes) is 11. The van der Waals surface area contributed by atoms with Gasteiger partial charge in [0, 0.05) is 20.4 Å². The molecule has 2 aromatic rings. The van der Waals surface area contributed by atoms with Gasteiger partial charge in [-0.2, -0.15) is 0 Å². The Kier molecular flexibility index (Phi) is 27.0. The molecule has 0 saturated heterocycles. The molecule has 47 heavy (non-hydrogen) atoms. The van der Waals surface area contributed by atoms with Gasteiger partial charge >= 0.3 is 0 Å². The molecule has 0 atom stereocenters. The maximum atomic E-state index is 5.43.